The van der Waals surface area contributed by atoms with E-state index in [0.717, 1.165) is 12.1 Å². The molecule has 112 valence electrons. The molecule has 0 N–H and O–H groups in total. The molecule has 2 rings (SSSR count). The summed E-state index contributed by atoms with van der Waals surface area (Å²) in [5.41, 5.74) is 0.480. The molecule has 1 heterocycles. The van der Waals surface area contributed by atoms with Gasteiger partial charge in [0.05, 0.1) is 10.6 Å². The predicted octanol–water partition coefficient (Wildman–Crippen LogP) is 1.50. The second-order valence-electron chi connectivity index (χ2n) is 4.60. The summed E-state index contributed by atoms with van der Waals surface area (Å²) in [5.74, 6) is 0.924. The van der Waals surface area contributed by atoms with Crippen LogP contribution in [0.4, 0.5) is 0 Å². The highest BCUT2D eigenvalue weighted by Crippen LogP contribution is 2.18. The molecule has 0 radical (unpaired) electrons. The molecule has 8 heteroatoms. The Labute approximate surface area is 127 Å². The van der Waals surface area contributed by atoms with Crippen LogP contribution < -0.4 is 0 Å². The van der Waals surface area contributed by atoms with Gasteiger partial charge in [-0.05, 0) is 19.1 Å². The maximum absolute atomic E-state index is 12.1. The monoisotopic (exact) mass is 325 g/mol. The molecule has 0 aliphatic rings. The van der Waals surface area contributed by atoms with Gasteiger partial charge < -0.3 is 4.57 Å². The first-order valence-electron chi connectivity index (χ1n) is 6.11. The molecule has 0 unspecified atom stereocenters. The Morgan fingerprint density at radius 1 is 1.24 bits per heavy atom. The number of carbonyl (C=O) groups is 1. The largest absolute Gasteiger partial charge is 0.309 e. The SMILES string of the molecule is Cc1nnc(SCC(=O)c2ccc(S(C)(=O)=O)cc2)n1C. The number of aromatic nitrogens is 3. The molecule has 0 aliphatic heterocycles. The van der Waals surface area contributed by atoms with E-state index in [1.165, 1.54) is 36.0 Å². The second-order valence-corrected chi connectivity index (χ2v) is 7.56. The lowest BCUT2D eigenvalue weighted by molar-refractivity contribution is 0.102. The smallest absolute Gasteiger partial charge is 0.191 e. The second kappa shape index (κ2) is 5.98. The van der Waals surface area contributed by atoms with Gasteiger partial charge in [-0.25, -0.2) is 8.42 Å². The molecule has 0 fully saturated rings. The molecule has 0 saturated carbocycles. The summed E-state index contributed by atoms with van der Waals surface area (Å²) in [6.07, 6.45) is 1.14. The van der Waals surface area contributed by atoms with Crippen LogP contribution in [0.15, 0.2) is 34.3 Å². The lowest BCUT2D eigenvalue weighted by Crippen LogP contribution is -2.05. The summed E-state index contributed by atoms with van der Waals surface area (Å²) in [4.78, 5) is 12.3. The number of Topliss-reactive ketones (excluding diaryl/α,β-unsaturated/α-hetero) is 1. The third kappa shape index (κ3) is 3.70. The fourth-order valence-electron chi connectivity index (χ4n) is 1.61. The van der Waals surface area contributed by atoms with Crippen molar-refractivity contribution >= 4 is 27.4 Å². The van der Waals surface area contributed by atoms with Crippen molar-refractivity contribution < 1.29 is 13.2 Å². The van der Waals surface area contributed by atoms with Crippen LogP contribution in [-0.2, 0) is 16.9 Å². The third-order valence-electron chi connectivity index (χ3n) is 2.99. The lowest BCUT2D eigenvalue weighted by Gasteiger charge is -2.03. The molecule has 1 aromatic heterocycles. The average Bonchev–Trinajstić information content (AvgIpc) is 2.75. The van der Waals surface area contributed by atoms with Gasteiger partial charge in [-0.15, -0.1) is 10.2 Å². The van der Waals surface area contributed by atoms with Gasteiger partial charge in [0, 0.05) is 18.9 Å². The van der Waals surface area contributed by atoms with E-state index in [-0.39, 0.29) is 16.4 Å². The van der Waals surface area contributed by atoms with E-state index in [2.05, 4.69) is 10.2 Å². The molecule has 6 nitrogen and oxygen atoms in total. The first-order valence-corrected chi connectivity index (χ1v) is 8.99. The van der Waals surface area contributed by atoms with Crippen molar-refractivity contribution in [2.45, 2.75) is 17.0 Å². The van der Waals surface area contributed by atoms with Gasteiger partial charge in [0.2, 0.25) is 0 Å². The van der Waals surface area contributed by atoms with Gasteiger partial charge in [0.15, 0.2) is 20.8 Å². The quantitative estimate of drug-likeness (QED) is 0.612. The highest BCUT2D eigenvalue weighted by molar-refractivity contribution is 7.99. The maximum atomic E-state index is 12.1. The molecule has 0 amide bonds. The first-order chi connectivity index (χ1) is 9.79. The highest BCUT2D eigenvalue weighted by atomic mass is 32.2. The number of nitrogens with zero attached hydrogens (tertiary/aromatic N) is 3. The molecule has 1 aromatic carbocycles. The lowest BCUT2D eigenvalue weighted by atomic mass is 10.1. The van der Waals surface area contributed by atoms with Crippen molar-refractivity contribution in [3.05, 3.63) is 35.7 Å². The van der Waals surface area contributed by atoms with E-state index < -0.39 is 9.84 Å². The Kier molecular flexibility index (Phi) is 4.48. The van der Waals surface area contributed by atoms with Gasteiger partial charge in [-0.1, -0.05) is 23.9 Å². The number of benzene rings is 1. The first kappa shape index (κ1) is 15.7. The van der Waals surface area contributed by atoms with Gasteiger partial charge >= 0.3 is 0 Å². The molecule has 2 aromatic rings. The normalized spacial score (nSPS) is 11.6. The van der Waals surface area contributed by atoms with Crippen LogP contribution in [0.1, 0.15) is 16.2 Å². The number of hydrogen-bond donors (Lipinski definition) is 0. The van der Waals surface area contributed by atoms with E-state index in [1.807, 2.05) is 18.5 Å². The summed E-state index contributed by atoms with van der Waals surface area (Å²) < 4.78 is 24.5. The summed E-state index contributed by atoms with van der Waals surface area (Å²) in [6, 6.07) is 5.95. The Morgan fingerprint density at radius 3 is 2.33 bits per heavy atom. The average molecular weight is 325 g/mol. The number of ketones is 1. The van der Waals surface area contributed by atoms with E-state index in [0.29, 0.717) is 10.7 Å². The minimum Gasteiger partial charge on any atom is -0.309 e. The van der Waals surface area contributed by atoms with Crippen LogP contribution in [0.2, 0.25) is 0 Å². The zero-order chi connectivity index (χ0) is 15.6. The van der Waals surface area contributed by atoms with Crippen LogP contribution in [0, 0.1) is 6.92 Å². The van der Waals surface area contributed by atoms with Gasteiger partial charge in [0.25, 0.3) is 0 Å². The van der Waals surface area contributed by atoms with Crippen molar-refractivity contribution in [3.63, 3.8) is 0 Å². The minimum atomic E-state index is -3.24. The van der Waals surface area contributed by atoms with Crippen LogP contribution in [0.5, 0.6) is 0 Å². The van der Waals surface area contributed by atoms with E-state index in [1.54, 1.807) is 0 Å². The van der Waals surface area contributed by atoms with Crippen LogP contribution in [-0.4, -0.2) is 41.0 Å². The standard InChI is InChI=1S/C13H15N3O3S2/c1-9-14-15-13(16(9)2)20-8-12(17)10-4-6-11(7-5-10)21(3,18)19/h4-7H,8H2,1-3H3. The molecule has 0 bridgehead atoms. The predicted molar refractivity (Wildman–Crippen MR) is 80.3 cm³/mol. The van der Waals surface area contributed by atoms with E-state index >= 15 is 0 Å². The van der Waals surface area contributed by atoms with Crippen molar-refractivity contribution in [2.75, 3.05) is 12.0 Å². The maximum Gasteiger partial charge on any atom is 0.191 e. The Balaban J connectivity index is 2.05. The summed E-state index contributed by atoms with van der Waals surface area (Å²) in [5, 5.41) is 8.57. The number of hydrogen-bond acceptors (Lipinski definition) is 6. The van der Waals surface area contributed by atoms with Crippen LogP contribution >= 0.6 is 11.8 Å². The number of carbonyl (C=O) groups excluding carboxylic acids is 1. The number of sulfone groups is 1. The Morgan fingerprint density at radius 2 is 1.86 bits per heavy atom. The summed E-state index contributed by atoms with van der Waals surface area (Å²) >= 11 is 1.30. The van der Waals surface area contributed by atoms with Crippen molar-refractivity contribution in [3.8, 4) is 0 Å². The third-order valence-corrected chi connectivity index (χ3v) is 5.14. The highest BCUT2D eigenvalue weighted by Gasteiger charge is 2.12. The minimum absolute atomic E-state index is 0.0827. The molecule has 21 heavy (non-hydrogen) atoms. The molecule has 0 spiro atoms. The molecular weight excluding hydrogens is 310 g/mol. The Bertz CT molecular complexity index is 764. The molecule has 0 saturated heterocycles. The number of thioether (sulfide) groups is 1. The van der Waals surface area contributed by atoms with Crippen LogP contribution in [0.3, 0.4) is 0 Å². The molecular formula is C13H15N3O3S2. The van der Waals surface area contributed by atoms with E-state index in [4.69, 9.17) is 0 Å². The summed E-state index contributed by atoms with van der Waals surface area (Å²) in [6.45, 7) is 1.84. The summed E-state index contributed by atoms with van der Waals surface area (Å²) in [7, 11) is -1.41. The molecule has 0 atom stereocenters. The van der Waals surface area contributed by atoms with Crippen molar-refractivity contribution in [1.82, 2.24) is 14.8 Å². The molecule has 0 aliphatic carbocycles. The van der Waals surface area contributed by atoms with Crippen molar-refractivity contribution in [2.24, 2.45) is 7.05 Å². The van der Waals surface area contributed by atoms with Crippen LogP contribution in [0.25, 0.3) is 0 Å². The zero-order valence-corrected chi connectivity index (χ0v) is 13.5. The van der Waals surface area contributed by atoms with Gasteiger partial charge in [-0.2, -0.15) is 0 Å². The van der Waals surface area contributed by atoms with Gasteiger partial charge in [0.1, 0.15) is 5.82 Å². The fraction of sp³-hybridized carbons (Fsp3) is 0.308. The van der Waals surface area contributed by atoms with Crippen molar-refractivity contribution in [1.29, 1.82) is 0 Å². The fourth-order valence-corrected chi connectivity index (χ4v) is 3.10. The topological polar surface area (TPSA) is 81.9 Å². The number of rotatable bonds is 5. The number of aryl methyl sites for hydroxylation is 1. The van der Waals surface area contributed by atoms with E-state index in [9.17, 15) is 13.2 Å². The van der Waals surface area contributed by atoms with Gasteiger partial charge in [-0.3, -0.25) is 4.79 Å². The zero-order valence-electron chi connectivity index (χ0n) is 11.9. The Hall–Kier alpha value is -1.67.